The molecule has 12 atom stereocenters. The third-order valence-electron chi connectivity index (χ3n) is 14.3. The van der Waals surface area contributed by atoms with Crippen molar-refractivity contribution in [1.29, 1.82) is 0 Å². The molecule has 0 N–H and O–H groups in total. The molecule has 0 bridgehead atoms. The van der Waals surface area contributed by atoms with E-state index in [4.69, 9.17) is 61.6 Å². The van der Waals surface area contributed by atoms with E-state index in [2.05, 4.69) is 14.2 Å². The average molecular weight is 1200 g/mol. The highest BCUT2D eigenvalue weighted by Crippen LogP contribution is 2.27. The molecule has 8 heterocycles. The summed E-state index contributed by atoms with van der Waals surface area (Å²) in [5.41, 5.74) is 0. The molecule has 472 valence electrons. The van der Waals surface area contributed by atoms with Gasteiger partial charge in [0.2, 0.25) is 0 Å². The second kappa shape index (κ2) is 32.9. The van der Waals surface area contributed by atoms with Crippen molar-refractivity contribution < 1.29 is 133 Å². The van der Waals surface area contributed by atoms with Gasteiger partial charge in [0.25, 0.3) is 0 Å². The Morgan fingerprint density at radius 3 is 1.20 bits per heavy atom. The lowest BCUT2D eigenvalue weighted by Crippen LogP contribution is -2.31. The van der Waals surface area contributed by atoms with Crippen LogP contribution in [0.1, 0.15) is 107 Å². The first-order valence-corrected chi connectivity index (χ1v) is 28.2. The third-order valence-corrected chi connectivity index (χ3v) is 14.3. The molecule has 0 amide bonds. The number of carbonyl (C=O) groups excluding carboxylic acids is 12. The van der Waals surface area contributed by atoms with Gasteiger partial charge in [0, 0.05) is 63.3 Å². The molecule has 0 aromatic heterocycles. The van der Waals surface area contributed by atoms with Gasteiger partial charge in [-0.2, -0.15) is 0 Å². The van der Waals surface area contributed by atoms with Crippen LogP contribution in [-0.4, -0.2) is 200 Å². The van der Waals surface area contributed by atoms with E-state index < -0.39 is 89.4 Å². The Balaban J connectivity index is 0.000000205. The molecule has 0 aliphatic carbocycles. The molecule has 28 heteroatoms. The molecular formula is C56H80O28. The Kier molecular flexibility index (Phi) is 26.9. The number of ketones is 4. The molecule has 8 fully saturated rings. The SMILES string of the molecule is CC(C(=O)CC1CCOC1)C(=O)OCC1CCOC1.CC(C(=O)CC1COC(=O)C1)C(=O)OCC1COC(=O)C1.CC(C(=O)CC1COC(=O)O1)C(=O)OCC1COC(=O)O1.CC(C(=O)CC1COC(C)(C)O1)C(=O)OCC1COC(C)(C)O1. The van der Waals surface area contributed by atoms with Crippen molar-refractivity contribution in [3.63, 3.8) is 0 Å². The van der Waals surface area contributed by atoms with Crippen LogP contribution in [0, 0.1) is 47.3 Å². The van der Waals surface area contributed by atoms with E-state index in [-0.39, 0.29) is 144 Å². The van der Waals surface area contributed by atoms with E-state index in [0.29, 0.717) is 39.5 Å². The van der Waals surface area contributed by atoms with Gasteiger partial charge in [-0.05, 0) is 74.1 Å². The van der Waals surface area contributed by atoms with Gasteiger partial charge in [0.1, 0.15) is 79.7 Å². The van der Waals surface area contributed by atoms with Crippen molar-refractivity contribution in [2.45, 2.75) is 143 Å². The molecule has 0 spiro atoms. The zero-order chi connectivity index (χ0) is 61.7. The summed E-state index contributed by atoms with van der Waals surface area (Å²) in [6.45, 7) is 17.5. The lowest BCUT2D eigenvalue weighted by Gasteiger charge is -2.18. The van der Waals surface area contributed by atoms with Crippen LogP contribution in [0.3, 0.4) is 0 Å². The number of rotatable bonds is 24. The molecule has 8 saturated heterocycles. The van der Waals surface area contributed by atoms with Crippen LogP contribution in [-0.2, 0) is 124 Å². The Hall–Kier alpha value is -6.20. The fourth-order valence-corrected chi connectivity index (χ4v) is 8.95. The predicted molar refractivity (Wildman–Crippen MR) is 277 cm³/mol. The Bertz CT molecular complexity index is 2230. The molecule has 28 nitrogen and oxygen atoms in total. The number of carbonyl (C=O) groups is 12. The number of cyclic esters (lactones) is 6. The van der Waals surface area contributed by atoms with Gasteiger partial charge in [0.05, 0.1) is 65.2 Å². The fourth-order valence-electron chi connectivity index (χ4n) is 8.95. The predicted octanol–water partition coefficient (Wildman–Crippen LogP) is 3.07. The lowest BCUT2D eigenvalue weighted by molar-refractivity contribution is -0.163. The summed E-state index contributed by atoms with van der Waals surface area (Å²) in [6, 6.07) is 0. The number of esters is 6. The highest BCUT2D eigenvalue weighted by atomic mass is 16.8. The van der Waals surface area contributed by atoms with Gasteiger partial charge < -0.3 is 75.8 Å². The molecule has 0 aromatic rings. The van der Waals surface area contributed by atoms with Gasteiger partial charge in [-0.15, -0.1) is 0 Å². The number of Topliss-reactive ketones (excluding diaryl/α,β-unsaturated/α-hetero) is 4. The van der Waals surface area contributed by atoms with Crippen molar-refractivity contribution in [3.05, 3.63) is 0 Å². The second-order valence-electron chi connectivity index (χ2n) is 22.6. The van der Waals surface area contributed by atoms with E-state index in [1.54, 1.807) is 41.5 Å². The third kappa shape index (κ3) is 23.7. The molecule has 0 aromatic carbocycles. The summed E-state index contributed by atoms with van der Waals surface area (Å²) in [5, 5.41) is 0. The first kappa shape index (κ1) is 68.6. The smallest absolute Gasteiger partial charge is 0.465 e. The zero-order valence-corrected chi connectivity index (χ0v) is 48.9. The summed E-state index contributed by atoms with van der Waals surface area (Å²) in [4.78, 5) is 138. The average Bonchev–Trinajstić information content (AvgIpc) is 4.52. The number of ether oxygens (including phenoxy) is 16. The fraction of sp³-hybridized carbons (Fsp3) is 0.786. The van der Waals surface area contributed by atoms with E-state index in [0.717, 1.165) is 26.1 Å². The van der Waals surface area contributed by atoms with Gasteiger partial charge in [-0.1, -0.05) is 0 Å². The van der Waals surface area contributed by atoms with Crippen molar-refractivity contribution in [3.8, 4) is 0 Å². The number of hydrogen-bond donors (Lipinski definition) is 0. The maximum absolute atomic E-state index is 12.2. The zero-order valence-electron chi connectivity index (χ0n) is 48.9. The van der Waals surface area contributed by atoms with Crippen molar-refractivity contribution in [2.75, 3.05) is 92.5 Å². The van der Waals surface area contributed by atoms with Gasteiger partial charge in [0.15, 0.2) is 23.5 Å². The van der Waals surface area contributed by atoms with Crippen LogP contribution in [0.25, 0.3) is 0 Å². The normalized spacial score (nSPS) is 27.5. The minimum absolute atomic E-state index is 0.00378. The summed E-state index contributed by atoms with van der Waals surface area (Å²) in [7, 11) is 0. The topological polar surface area (TPSA) is 353 Å². The molecule has 0 saturated carbocycles. The molecule has 8 rings (SSSR count). The van der Waals surface area contributed by atoms with E-state index in [9.17, 15) is 57.5 Å². The van der Waals surface area contributed by atoms with Crippen LogP contribution < -0.4 is 0 Å². The lowest BCUT2D eigenvalue weighted by atomic mass is 9.95. The quantitative estimate of drug-likeness (QED) is 0.0761. The summed E-state index contributed by atoms with van der Waals surface area (Å²) in [5.74, 6) is -8.33. The van der Waals surface area contributed by atoms with Gasteiger partial charge in [-0.3, -0.25) is 47.9 Å². The van der Waals surface area contributed by atoms with E-state index in [1.807, 2.05) is 0 Å². The second-order valence-corrected chi connectivity index (χ2v) is 22.6. The summed E-state index contributed by atoms with van der Waals surface area (Å²) in [6.07, 6.45) is -0.751. The van der Waals surface area contributed by atoms with Crippen LogP contribution in [0.5, 0.6) is 0 Å². The Labute approximate surface area is 486 Å². The van der Waals surface area contributed by atoms with Crippen LogP contribution in [0.15, 0.2) is 0 Å². The maximum atomic E-state index is 12.2. The van der Waals surface area contributed by atoms with Crippen molar-refractivity contribution in [2.24, 2.45) is 47.3 Å². The maximum Gasteiger partial charge on any atom is 0.508 e. The largest absolute Gasteiger partial charge is 0.508 e. The first-order valence-electron chi connectivity index (χ1n) is 28.2. The van der Waals surface area contributed by atoms with Crippen LogP contribution >= 0.6 is 0 Å². The van der Waals surface area contributed by atoms with Crippen LogP contribution in [0.2, 0.25) is 0 Å². The molecule has 8 aliphatic rings. The van der Waals surface area contributed by atoms with E-state index in [1.165, 1.54) is 13.8 Å². The monoisotopic (exact) mass is 1200 g/mol. The van der Waals surface area contributed by atoms with Crippen molar-refractivity contribution >= 4 is 71.3 Å². The van der Waals surface area contributed by atoms with E-state index >= 15 is 0 Å². The minimum Gasteiger partial charge on any atom is -0.465 e. The summed E-state index contributed by atoms with van der Waals surface area (Å²) >= 11 is 0. The molecule has 8 aliphatic heterocycles. The summed E-state index contributed by atoms with van der Waals surface area (Å²) < 4.78 is 80.7. The molecule has 12 unspecified atom stereocenters. The molecule has 84 heavy (non-hydrogen) atoms. The van der Waals surface area contributed by atoms with Crippen LogP contribution in [0.4, 0.5) is 9.59 Å². The Morgan fingerprint density at radius 2 is 0.798 bits per heavy atom. The van der Waals surface area contributed by atoms with Gasteiger partial charge in [-0.25, -0.2) is 9.59 Å². The standard InChI is InChI=1S/C16H26O7.C14H18O7.C14H22O5.C12H14O9/c1-10(13(17)6-11-8-20-15(2,3)22-11)14(18)19-7-12-9-21-16(4,5)23-12;1-8(11(15)2-9-3-12(16)19-5-9)14(18)21-7-10-4-13(17)20-6-10;1-10(13(15)6-11-2-4-17-7-11)14(16)19-9-12-3-5-18-8-12;1-6(9(13)2-7-3-18-11(15)20-7)10(14)17-4-8-5-19-12(16)21-8/h10-12H,6-9H2,1-5H3;8-10H,2-7H2,1H3;10-12H,2-9H2,1H3;6-8H,2-5H2,1H3. The van der Waals surface area contributed by atoms with Crippen molar-refractivity contribution in [1.82, 2.24) is 0 Å². The highest BCUT2D eigenvalue weighted by molar-refractivity contribution is 6.00. The molecule has 0 radical (unpaired) electrons. The highest BCUT2D eigenvalue weighted by Gasteiger charge is 2.39. The molecular weight excluding hydrogens is 1120 g/mol. The van der Waals surface area contributed by atoms with Gasteiger partial charge >= 0.3 is 48.1 Å². The Morgan fingerprint density at radius 1 is 0.417 bits per heavy atom. The first-order chi connectivity index (χ1) is 39.6. The number of hydrogen-bond acceptors (Lipinski definition) is 28. The minimum atomic E-state index is -1.01.